The van der Waals surface area contributed by atoms with Gasteiger partial charge in [0.25, 0.3) is 5.69 Å². The van der Waals surface area contributed by atoms with E-state index in [-0.39, 0.29) is 11.4 Å². The molecule has 0 bridgehead atoms. The zero-order chi connectivity index (χ0) is 13.0. The summed E-state index contributed by atoms with van der Waals surface area (Å²) in [7, 11) is 0. The lowest BCUT2D eigenvalue weighted by molar-refractivity contribution is -0.383. The van der Waals surface area contributed by atoms with E-state index in [1.165, 1.54) is 6.07 Å². The van der Waals surface area contributed by atoms with Crippen LogP contribution in [0.3, 0.4) is 0 Å². The summed E-state index contributed by atoms with van der Waals surface area (Å²) in [6, 6.07) is 4.58. The minimum Gasteiger partial charge on any atom is -0.393 e. The van der Waals surface area contributed by atoms with Crippen LogP contribution < -0.4 is 11.1 Å². The van der Waals surface area contributed by atoms with Gasteiger partial charge in [0.1, 0.15) is 11.5 Å². The van der Waals surface area contributed by atoms with Gasteiger partial charge in [-0.05, 0) is 12.1 Å². The van der Waals surface area contributed by atoms with E-state index in [0.717, 1.165) is 17.9 Å². The van der Waals surface area contributed by atoms with Crippen LogP contribution >= 0.6 is 0 Å². The lowest BCUT2D eigenvalue weighted by Crippen LogP contribution is -2.06. The number of imidazole rings is 1. The Labute approximate surface area is 103 Å². The van der Waals surface area contributed by atoms with Crippen LogP contribution in [0, 0.1) is 10.1 Å². The molecule has 7 heteroatoms. The van der Waals surface area contributed by atoms with Crippen LogP contribution in [0.1, 0.15) is 5.82 Å². The van der Waals surface area contributed by atoms with Crippen molar-refractivity contribution >= 4 is 17.1 Å². The van der Waals surface area contributed by atoms with E-state index in [1.54, 1.807) is 24.5 Å². The Morgan fingerprint density at radius 1 is 1.50 bits per heavy atom. The van der Waals surface area contributed by atoms with E-state index in [1.807, 2.05) is 0 Å². The number of nitrogens with zero attached hydrogens (tertiary/aromatic N) is 2. The average molecular weight is 247 g/mol. The Hall–Kier alpha value is -2.57. The SMILES string of the molecule is Nc1cc(NCCc2ncc[nH]2)ccc1[N+](=O)[O-]. The molecule has 7 nitrogen and oxygen atoms in total. The Balaban J connectivity index is 1.94. The van der Waals surface area contributed by atoms with E-state index in [4.69, 9.17) is 5.73 Å². The van der Waals surface area contributed by atoms with Crippen molar-refractivity contribution in [2.45, 2.75) is 6.42 Å². The molecule has 1 aromatic heterocycles. The summed E-state index contributed by atoms with van der Waals surface area (Å²) in [5, 5.41) is 13.7. The lowest BCUT2D eigenvalue weighted by atomic mass is 10.2. The fraction of sp³-hybridized carbons (Fsp3) is 0.182. The van der Waals surface area contributed by atoms with E-state index in [0.29, 0.717) is 6.54 Å². The lowest BCUT2D eigenvalue weighted by Gasteiger charge is -2.06. The summed E-state index contributed by atoms with van der Waals surface area (Å²) in [6.07, 6.45) is 4.20. The first kappa shape index (κ1) is 11.9. The van der Waals surface area contributed by atoms with Crippen LogP contribution in [-0.2, 0) is 6.42 Å². The molecule has 0 radical (unpaired) electrons. The van der Waals surface area contributed by atoms with Crippen molar-refractivity contribution in [1.29, 1.82) is 0 Å². The number of hydrogen-bond donors (Lipinski definition) is 3. The zero-order valence-corrected chi connectivity index (χ0v) is 9.59. The third kappa shape index (κ3) is 2.76. The molecule has 1 aromatic carbocycles. The number of nitrogens with one attached hydrogen (secondary N) is 2. The van der Waals surface area contributed by atoms with Crippen molar-refractivity contribution in [2.75, 3.05) is 17.6 Å². The molecule has 4 N–H and O–H groups in total. The van der Waals surface area contributed by atoms with Gasteiger partial charge in [-0.3, -0.25) is 10.1 Å². The molecule has 0 unspecified atom stereocenters. The topological polar surface area (TPSA) is 110 Å². The fourth-order valence-corrected chi connectivity index (χ4v) is 1.59. The molecule has 0 fully saturated rings. The van der Waals surface area contributed by atoms with Crippen molar-refractivity contribution in [1.82, 2.24) is 9.97 Å². The molecular formula is C11H13N5O2. The molecule has 0 aliphatic rings. The molecule has 0 spiro atoms. The van der Waals surface area contributed by atoms with Crippen molar-refractivity contribution < 1.29 is 4.92 Å². The molecule has 0 atom stereocenters. The minimum absolute atomic E-state index is 0.0772. The highest BCUT2D eigenvalue weighted by molar-refractivity contribution is 5.65. The first-order chi connectivity index (χ1) is 8.66. The van der Waals surface area contributed by atoms with Crippen LogP contribution in [0.15, 0.2) is 30.6 Å². The number of H-pyrrole nitrogens is 1. The van der Waals surface area contributed by atoms with Gasteiger partial charge in [0.05, 0.1) is 4.92 Å². The fourth-order valence-electron chi connectivity index (χ4n) is 1.59. The number of benzene rings is 1. The van der Waals surface area contributed by atoms with Gasteiger partial charge in [0, 0.05) is 37.1 Å². The van der Waals surface area contributed by atoms with E-state index in [2.05, 4.69) is 15.3 Å². The molecule has 2 aromatic rings. The number of nitrogens with two attached hydrogens (primary N) is 1. The molecule has 1 heterocycles. The van der Waals surface area contributed by atoms with Crippen molar-refractivity contribution in [2.24, 2.45) is 0 Å². The molecule has 2 rings (SSSR count). The van der Waals surface area contributed by atoms with Crippen molar-refractivity contribution in [3.05, 3.63) is 46.5 Å². The highest BCUT2D eigenvalue weighted by Crippen LogP contribution is 2.24. The second-order valence-electron chi connectivity index (χ2n) is 3.74. The Morgan fingerprint density at radius 3 is 2.94 bits per heavy atom. The Bertz CT molecular complexity index is 538. The van der Waals surface area contributed by atoms with Crippen LogP contribution in [0.5, 0.6) is 0 Å². The summed E-state index contributed by atoms with van der Waals surface area (Å²) in [4.78, 5) is 17.2. The van der Waals surface area contributed by atoms with Crippen LogP contribution in [0.4, 0.5) is 17.1 Å². The molecule has 0 aliphatic carbocycles. The summed E-state index contributed by atoms with van der Waals surface area (Å²) in [6.45, 7) is 0.671. The number of aromatic nitrogens is 2. The zero-order valence-electron chi connectivity index (χ0n) is 9.59. The third-order valence-corrected chi connectivity index (χ3v) is 2.47. The number of hydrogen-bond acceptors (Lipinski definition) is 5. The van der Waals surface area contributed by atoms with Gasteiger partial charge in [-0.15, -0.1) is 0 Å². The molecular weight excluding hydrogens is 234 g/mol. The predicted molar refractivity (Wildman–Crippen MR) is 68.3 cm³/mol. The molecule has 94 valence electrons. The van der Waals surface area contributed by atoms with Gasteiger partial charge in [0.15, 0.2) is 0 Å². The molecule has 18 heavy (non-hydrogen) atoms. The normalized spacial score (nSPS) is 10.2. The molecule has 0 saturated heterocycles. The van der Waals surface area contributed by atoms with Crippen molar-refractivity contribution in [3.63, 3.8) is 0 Å². The quantitative estimate of drug-likeness (QED) is 0.422. The summed E-state index contributed by atoms with van der Waals surface area (Å²) in [5.41, 5.74) is 6.42. The average Bonchev–Trinajstić information content (AvgIpc) is 2.81. The highest BCUT2D eigenvalue weighted by atomic mass is 16.6. The van der Waals surface area contributed by atoms with Gasteiger partial charge in [0.2, 0.25) is 0 Å². The van der Waals surface area contributed by atoms with E-state index < -0.39 is 4.92 Å². The van der Waals surface area contributed by atoms with Crippen LogP contribution in [0.25, 0.3) is 0 Å². The van der Waals surface area contributed by atoms with Gasteiger partial charge in [-0.25, -0.2) is 4.98 Å². The molecule has 0 aliphatic heterocycles. The summed E-state index contributed by atoms with van der Waals surface area (Å²) < 4.78 is 0. The number of nitro benzene ring substituents is 1. The second-order valence-corrected chi connectivity index (χ2v) is 3.74. The van der Waals surface area contributed by atoms with E-state index >= 15 is 0 Å². The maximum Gasteiger partial charge on any atom is 0.292 e. The maximum absolute atomic E-state index is 10.6. The summed E-state index contributed by atoms with van der Waals surface area (Å²) in [5.74, 6) is 0.886. The smallest absolute Gasteiger partial charge is 0.292 e. The predicted octanol–water partition coefficient (Wildman–Crippen LogP) is 1.55. The maximum atomic E-state index is 10.6. The molecule has 0 saturated carbocycles. The van der Waals surface area contributed by atoms with Crippen molar-refractivity contribution in [3.8, 4) is 0 Å². The second kappa shape index (κ2) is 5.17. The van der Waals surface area contributed by atoms with Gasteiger partial charge in [-0.2, -0.15) is 0 Å². The Morgan fingerprint density at radius 2 is 2.33 bits per heavy atom. The van der Waals surface area contributed by atoms with Gasteiger partial charge < -0.3 is 16.0 Å². The standard InChI is InChI=1S/C11H13N5O2/c12-9-7-8(1-2-10(9)16(17)18)13-4-3-11-14-5-6-15-11/h1-2,5-7,13H,3-4,12H2,(H,14,15). The minimum atomic E-state index is -0.498. The van der Waals surface area contributed by atoms with E-state index in [9.17, 15) is 10.1 Å². The monoisotopic (exact) mass is 247 g/mol. The summed E-state index contributed by atoms with van der Waals surface area (Å²) >= 11 is 0. The van der Waals surface area contributed by atoms with Gasteiger partial charge >= 0.3 is 0 Å². The number of aromatic amines is 1. The van der Waals surface area contributed by atoms with Gasteiger partial charge in [-0.1, -0.05) is 0 Å². The first-order valence-corrected chi connectivity index (χ1v) is 5.43. The number of anilines is 2. The third-order valence-electron chi connectivity index (χ3n) is 2.47. The number of nitro groups is 1. The van der Waals surface area contributed by atoms with Crippen LogP contribution in [-0.4, -0.2) is 21.4 Å². The first-order valence-electron chi connectivity index (χ1n) is 5.43. The molecule has 0 amide bonds. The van der Waals surface area contributed by atoms with Crippen LogP contribution in [0.2, 0.25) is 0 Å². The highest BCUT2D eigenvalue weighted by Gasteiger charge is 2.10. The number of nitrogen functional groups attached to an aromatic ring is 1. The largest absolute Gasteiger partial charge is 0.393 e. The Kier molecular flexibility index (Phi) is 3.42. The number of rotatable bonds is 5.